The lowest BCUT2D eigenvalue weighted by Gasteiger charge is -2.13. The maximum atomic E-state index is 14.1. The van der Waals surface area contributed by atoms with E-state index in [2.05, 4.69) is 20.4 Å². The Kier molecular flexibility index (Phi) is 2.78. The molecule has 2 N–H and O–H groups in total. The normalized spacial score (nSPS) is 11.8. The fraction of sp³-hybridized carbons (Fsp3) is 0. The number of nitrogens with zero attached hydrogens (tertiary/aromatic N) is 3. The molecule has 3 aromatic heterocycles. The molecule has 5 rings (SSSR count). The van der Waals surface area contributed by atoms with Gasteiger partial charge in [-0.05, 0) is 24.3 Å². The second-order valence-corrected chi connectivity index (χ2v) is 6.10. The van der Waals surface area contributed by atoms with Crippen molar-refractivity contribution in [3.63, 3.8) is 0 Å². The van der Waals surface area contributed by atoms with E-state index in [0.29, 0.717) is 27.5 Å². The number of pyridine rings is 1. The van der Waals surface area contributed by atoms with E-state index in [0.717, 1.165) is 10.9 Å². The van der Waals surface area contributed by atoms with Gasteiger partial charge in [-0.3, -0.25) is 19.6 Å². The van der Waals surface area contributed by atoms with Gasteiger partial charge in [-0.25, -0.2) is 4.39 Å². The monoisotopic (exact) mass is 353 g/mol. The van der Waals surface area contributed by atoms with E-state index in [1.165, 1.54) is 22.9 Å². The minimum Gasteiger partial charge on any atom is -0.278 e. The lowest BCUT2D eigenvalue weighted by molar-refractivity contribution is 0.630. The second kappa shape index (κ2) is 4.90. The molecule has 0 saturated heterocycles. The lowest BCUT2D eigenvalue weighted by Crippen LogP contribution is -2.19. The summed E-state index contributed by atoms with van der Waals surface area (Å²) in [6.07, 6.45) is 3.15. The van der Waals surface area contributed by atoms with Crippen LogP contribution < -0.4 is 5.56 Å². The maximum absolute atomic E-state index is 14.1. The smallest absolute Gasteiger partial charge is 0.278 e. The van der Waals surface area contributed by atoms with Crippen molar-refractivity contribution < 1.29 is 4.39 Å². The molecule has 8 heteroatoms. The first kappa shape index (κ1) is 14.2. The van der Waals surface area contributed by atoms with Crippen LogP contribution in [0.5, 0.6) is 0 Å². The number of fused-ring (bicyclic) bond motifs is 4. The van der Waals surface area contributed by atoms with Gasteiger partial charge in [-0.1, -0.05) is 17.7 Å². The summed E-state index contributed by atoms with van der Waals surface area (Å²) in [4.78, 5) is 13.1. The molecule has 0 aliphatic heterocycles. The molecule has 0 atom stereocenters. The molecule has 0 amide bonds. The van der Waals surface area contributed by atoms with Crippen LogP contribution >= 0.6 is 11.6 Å². The highest BCUT2D eigenvalue weighted by atomic mass is 35.5. The number of benzene rings is 2. The number of H-pyrrole nitrogens is 2. The quantitative estimate of drug-likeness (QED) is 0.484. The second-order valence-electron chi connectivity index (χ2n) is 5.69. The van der Waals surface area contributed by atoms with Gasteiger partial charge in [0.2, 0.25) is 0 Å². The topological polar surface area (TPSA) is 79.4 Å². The van der Waals surface area contributed by atoms with Crippen molar-refractivity contribution in [3.8, 4) is 5.69 Å². The fourth-order valence-corrected chi connectivity index (χ4v) is 3.36. The number of halogens is 2. The molecule has 25 heavy (non-hydrogen) atoms. The van der Waals surface area contributed by atoms with Crippen LogP contribution in [0.2, 0.25) is 5.02 Å². The van der Waals surface area contributed by atoms with Gasteiger partial charge in [-0.2, -0.15) is 10.2 Å². The van der Waals surface area contributed by atoms with Crippen LogP contribution in [0.4, 0.5) is 4.39 Å². The SMILES string of the molecule is O=c1c2[nH]ncc2c2cc(F)c(Cl)cc2n1-c1cccc2[nH]ncc12. The number of hydrogen-bond acceptors (Lipinski definition) is 3. The van der Waals surface area contributed by atoms with Crippen LogP contribution in [-0.2, 0) is 0 Å². The standard InChI is InChI=1S/C17H9ClFN5O/c18-11-5-15-8(4-12(11)19)9-6-21-23-16(9)17(25)24(15)14-3-1-2-13-10(14)7-20-22-13/h1-7H,(H,20,22)(H,21,23). The van der Waals surface area contributed by atoms with Crippen LogP contribution in [0.3, 0.4) is 0 Å². The molecule has 0 aliphatic rings. The van der Waals surface area contributed by atoms with Crippen LogP contribution in [0, 0.1) is 5.82 Å². The van der Waals surface area contributed by atoms with Crippen molar-refractivity contribution in [1.29, 1.82) is 0 Å². The number of nitrogens with one attached hydrogen (secondary N) is 2. The Hall–Kier alpha value is -3.19. The summed E-state index contributed by atoms with van der Waals surface area (Å²) in [5, 5.41) is 15.4. The van der Waals surface area contributed by atoms with Gasteiger partial charge < -0.3 is 0 Å². The highest BCUT2D eigenvalue weighted by Crippen LogP contribution is 2.30. The van der Waals surface area contributed by atoms with E-state index in [1.54, 1.807) is 12.3 Å². The Labute approximate surface area is 143 Å². The molecular formula is C17H9ClFN5O. The van der Waals surface area contributed by atoms with Crippen molar-refractivity contribution in [2.24, 2.45) is 0 Å². The zero-order chi connectivity index (χ0) is 17.1. The minimum atomic E-state index is -0.552. The summed E-state index contributed by atoms with van der Waals surface area (Å²) in [5.41, 5.74) is 1.92. The number of aromatic nitrogens is 5. The maximum Gasteiger partial charge on any atom is 0.281 e. The lowest BCUT2D eigenvalue weighted by atomic mass is 10.1. The molecule has 0 saturated carbocycles. The molecule has 0 unspecified atom stereocenters. The Bertz CT molecular complexity index is 1350. The first-order chi connectivity index (χ1) is 12.1. The zero-order valence-electron chi connectivity index (χ0n) is 12.5. The van der Waals surface area contributed by atoms with Gasteiger partial charge in [0.15, 0.2) is 0 Å². The average Bonchev–Trinajstić information content (AvgIpc) is 3.26. The molecule has 2 aromatic carbocycles. The Balaban J connectivity index is 2.07. The molecule has 122 valence electrons. The minimum absolute atomic E-state index is 0.0529. The average molecular weight is 354 g/mol. The van der Waals surface area contributed by atoms with E-state index >= 15 is 0 Å². The van der Waals surface area contributed by atoms with Crippen LogP contribution in [0.15, 0.2) is 47.5 Å². The van der Waals surface area contributed by atoms with Crippen molar-refractivity contribution in [2.45, 2.75) is 0 Å². The van der Waals surface area contributed by atoms with E-state index in [9.17, 15) is 9.18 Å². The van der Waals surface area contributed by atoms with Gasteiger partial charge in [0.05, 0.1) is 34.1 Å². The zero-order valence-corrected chi connectivity index (χ0v) is 13.3. The largest absolute Gasteiger partial charge is 0.281 e. The molecular weight excluding hydrogens is 345 g/mol. The van der Waals surface area contributed by atoms with Gasteiger partial charge in [0.1, 0.15) is 11.3 Å². The van der Waals surface area contributed by atoms with Gasteiger partial charge in [0, 0.05) is 16.2 Å². The Morgan fingerprint density at radius 1 is 1.04 bits per heavy atom. The van der Waals surface area contributed by atoms with E-state index in [4.69, 9.17) is 11.6 Å². The summed E-state index contributed by atoms with van der Waals surface area (Å²) >= 11 is 5.99. The Morgan fingerprint density at radius 3 is 2.72 bits per heavy atom. The van der Waals surface area contributed by atoms with E-state index < -0.39 is 5.82 Å². The van der Waals surface area contributed by atoms with Gasteiger partial charge >= 0.3 is 0 Å². The highest BCUT2D eigenvalue weighted by molar-refractivity contribution is 6.31. The van der Waals surface area contributed by atoms with Crippen LogP contribution in [0.1, 0.15) is 0 Å². The molecule has 0 aliphatic carbocycles. The number of hydrogen-bond donors (Lipinski definition) is 2. The summed E-state index contributed by atoms with van der Waals surface area (Å²) in [5.74, 6) is -0.552. The molecule has 0 spiro atoms. The summed E-state index contributed by atoms with van der Waals surface area (Å²) in [6.45, 7) is 0. The third-order valence-corrected chi connectivity index (χ3v) is 4.62. The fourth-order valence-electron chi connectivity index (χ4n) is 3.20. The van der Waals surface area contributed by atoms with Crippen molar-refractivity contribution in [2.75, 3.05) is 0 Å². The first-order valence-electron chi connectivity index (χ1n) is 7.44. The van der Waals surface area contributed by atoms with Crippen LogP contribution in [-0.4, -0.2) is 25.0 Å². The van der Waals surface area contributed by atoms with Crippen molar-refractivity contribution in [3.05, 3.63) is 63.9 Å². The predicted octanol–water partition coefficient (Wildman–Crippen LogP) is 3.54. The number of rotatable bonds is 1. The molecule has 0 bridgehead atoms. The molecule has 5 aromatic rings. The molecule has 0 fully saturated rings. The van der Waals surface area contributed by atoms with Crippen molar-refractivity contribution >= 4 is 44.3 Å². The van der Waals surface area contributed by atoms with Crippen molar-refractivity contribution in [1.82, 2.24) is 25.0 Å². The predicted molar refractivity (Wildman–Crippen MR) is 93.8 cm³/mol. The third kappa shape index (κ3) is 1.87. The van der Waals surface area contributed by atoms with E-state index in [1.807, 2.05) is 12.1 Å². The van der Waals surface area contributed by atoms with Gasteiger partial charge in [0.25, 0.3) is 5.56 Å². The third-order valence-electron chi connectivity index (χ3n) is 4.33. The molecule has 3 heterocycles. The van der Waals surface area contributed by atoms with Crippen LogP contribution in [0.25, 0.3) is 38.4 Å². The van der Waals surface area contributed by atoms with E-state index in [-0.39, 0.29) is 10.6 Å². The Morgan fingerprint density at radius 2 is 1.84 bits per heavy atom. The first-order valence-corrected chi connectivity index (χ1v) is 7.82. The summed E-state index contributed by atoms with van der Waals surface area (Å²) in [7, 11) is 0. The number of aromatic amines is 2. The molecule has 0 radical (unpaired) electrons. The highest BCUT2D eigenvalue weighted by Gasteiger charge is 2.17. The van der Waals surface area contributed by atoms with Gasteiger partial charge in [-0.15, -0.1) is 0 Å². The summed E-state index contributed by atoms with van der Waals surface area (Å²) < 4.78 is 15.6. The molecule has 6 nitrogen and oxygen atoms in total. The summed E-state index contributed by atoms with van der Waals surface area (Å²) in [6, 6.07) is 8.26.